The molecule has 1 N–H and O–H groups in total. The van der Waals surface area contributed by atoms with Crippen LogP contribution < -0.4 is 4.90 Å². The minimum Gasteiger partial charge on any atom is -0.394 e. The van der Waals surface area contributed by atoms with Gasteiger partial charge in [-0.1, -0.05) is 0 Å². The average Bonchev–Trinajstić information content (AvgIpc) is 2.46. The molecule has 1 aliphatic heterocycles. The molecule has 19 heavy (non-hydrogen) atoms. The third kappa shape index (κ3) is 3.04. The number of pyridine rings is 1. The summed E-state index contributed by atoms with van der Waals surface area (Å²) in [5, 5.41) is 9.36. The van der Waals surface area contributed by atoms with Gasteiger partial charge in [0.05, 0.1) is 18.2 Å². The lowest BCUT2D eigenvalue weighted by Gasteiger charge is -2.34. The van der Waals surface area contributed by atoms with Crippen molar-refractivity contribution in [3.63, 3.8) is 0 Å². The van der Waals surface area contributed by atoms with Gasteiger partial charge < -0.3 is 14.9 Å². The van der Waals surface area contributed by atoms with E-state index >= 15 is 0 Å². The van der Waals surface area contributed by atoms with E-state index in [0.29, 0.717) is 5.56 Å². The predicted molar refractivity (Wildman–Crippen MR) is 74.3 cm³/mol. The van der Waals surface area contributed by atoms with Crippen molar-refractivity contribution in [2.24, 2.45) is 0 Å². The van der Waals surface area contributed by atoms with Gasteiger partial charge >= 0.3 is 0 Å². The molecule has 5 nitrogen and oxygen atoms in total. The average molecular weight is 263 g/mol. The number of carbonyl (C=O) groups excluding carboxylic acids is 1. The summed E-state index contributed by atoms with van der Waals surface area (Å²) in [6, 6.07) is 3.59. The number of aliphatic hydroxyl groups excluding tert-OH is 1. The van der Waals surface area contributed by atoms with Crippen LogP contribution >= 0.6 is 0 Å². The lowest BCUT2D eigenvalue weighted by atomic mass is 10.0. The Kier molecular flexibility index (Phi) is 4.37. The first-order valence-corrected chi connectivity index (χ1v) is 6.68. The summed E-state index contributed by atoms with van der Waals surface area (Å²) in [5.74, 6) is 0.797. The second-order valence-corrected chi connectivity index (χ2v) is 5.13. The van der Waals surface area contributed by atoms with Crippen LogP contribution in [0.15, 0.2) is 18.3 Å². The van der Waals surface area contributed by atoms with Crippen LogP contribution in [-0.2, 0) is 0 Å². The molecule has 1 atom stereocenters. The van der Waals surface area contributed by atoms with Crippen LogP contribution in [0.1, 0.15) is 29.6 Å². The lowest BCUT2D eigenvalue weighted by molar-refractivity contribution is 0.0502. The molecule has 0 spiro atoms. The van der Waals surface area contributed by atoms with Gasteiger partial charge in [0, 0.05) is 26.8 Å². The number of anilines is 1. The standard InChI is InChI=1S/C14H21N3O2/c1-16(2)13-7-6-11(9-15-13)14(19)17-8-4-3-5-12(17)10-18/h6-7,9,12,18H,3-5,8,10H2,1-2H3. The number of hydrogen-bond acceptors (Lipinski definition) is 4. The first-order valence-electron chi connectivity index (χ1n) is 6.68. The Labute approximate surface area is 113 Å². The summed E-state index contributed by atoms with van der Waals surface area (Å²) in [6.45, 7) is 0.758. The highest BCUT2D eigenvalue weighted by molar-refractivity contribution is 5.94. The maximum atomic E-state index is 12.4. The molecule has 0 bridgehead atoms. The molecular weight excluding hydrogens is 242 g/mol. The predicted octanol–water partition coefficient (Wildman–Crippen LogP) is 1.13. The van der Waals surface area contributed by atoms with Gasteiger partial charge in [0.2, 0.25) is 0 Å². The Morgan fingerprint density at radius 2 is 2.26 bits per heavy atom. The number of hydrogen-bond donors (Lipinski definition) is 1. The summed E-state index contributed by atoms with van der Waals surface area (Å²) in [6.07, 6.45) is 4.57. The maximum absolute atomic E-state index is 12.4. The number of carbonyl (C=O) groups is 1. The molecule has 0 saturated carbocycles. The van der Waals surface area contributed by atoms with Crippen LogP contribution in [0.2, 0.25) is 0 Å². The van der Waals surface area contributed by atoms with E-state index in [2.05, 4.69) is 4.98 Å². The van der Waals surface area contributed by atoms with Gasteiger partial charge in [-0.25, -0.2) is 4.98 Å². The van der Waals surface area contributed by atoms with Crippen LogP contribution in [0.3, 0.4) is 0 Å². The van der Waals surface area contributed by atoms with Gasteiger partial charge in [-0.2, -0.15) is 0 Å². The first-order chi connectivity index (χ1) is 9.13. The van der Waals surface area contributed by atoms with Crippen molar-refractivity contribution in [1.29, 1.82) is 0 Å². The van der Waals surface area contributed by atoms with E-state index in [1.807, 2.05) is 25.1 Å². The number of aliphatic hydroxyl groups is 1. The molecule has 1 aliphatic rings. The highest BCUT2D eigenvalue weighted by Gasteiger charge is 2.26. The van der Waals surface area contributed by atoms with Crippen molar-refractivity contribution in [2.45, 2.75) is 25.3 Å². The molecule has 1 saturated heterocycles. The van der Waals surface area contributed by atoms with E-state index in [9.17, 15) is 9.90 Å². The minimum absolute atomic E-state index is 0.0310. The van der Waals surface area contributed by atoms with E-state index in [0.717, 1.165) is 31.6 Å². The highest BCUT2D eigenvalue weighted by atomic mass is 16.3. The van der Waals surface area contributed by atoms with E-state index in [-0.39, 0.29) is 18.6 Å². The van der Waals surface area contributed by atoms with Gasteiger partial charge in [0.25, 0.3) is 5.91 Å². The molecule has 1 aromatic rings. The van der Waals surface area contributed by atoms with E-state index < -0.39 is 0 Å². The summed E-state index contributed by atoms with van der Waals surface area (Å²) in [7, 11) is 3.83. The smallest absolute Gasteiger partial charge is 0.255 e. The Hall–Kier alpha value is -1.62. The maximum Gasteiger partial charge on any atom is 0.255 e. The first kappa shape index (κ1) is 13.8. The number of likely N-dealkylation sites (tertiary alicyclic amines) is 1. The number of rotatable bonds is 3. The van der Waals surface area contributed by atoms with Crippen molar-refractivity contribution < 1.29 is 9.90 Å². The van der Waals surface area contributed by atoms with Gasteiger partial charge in [0.1, 0.15) is 5.82 Å². The SMILES string of the molecule is CN(C)c1ccc(C(=O)N2CCCCC2CO)cn1. The monoisotopic (exact) mass is 263 g/mol. The van der Waals surface area contributed by atoms with Crippen LogP contribution in [-0.4, -0.2) is 54.2 Å². The van der Waals surface area contributed by atoms with Gasteiger partial charge in [0.15, 0.2) is 0 Å². The van der Waals surface area contributed by atoms with Crippen molar-refractivity contribution >= 4 is 11.7 Å². The quantitative estimate of drug-likeness (QED) is 0.888. The zero-order valence-corrected chi connectivity index (χ0v) is 11.5. The second-order valence-electron chi connectivity index (χ2n) is 5.13. The van der Waals surface area contributed by atoms with Crippen LogP contribution in [0, 0.1) is 0 Å². The van der Waals surface area contributed by atoms with Gasteiger partial charge in [-0.3, -0.25) is 4.79 Å². The Balaban J connectivity index is 2.13. The molecule has 1 amide bonds. The van der Waals surface area contributed by atoms with Crippen molar-refractivity contribution in [3.8, 4) is 0 Å². The Morgan fingerprint density at radius 3 is 2.84 bits per heavy atom. The molecule has 1 fully saturated rings. The Bertz CT molecular complexity index is 431. The molecule has 104 valence electrons. The normalized spacial score (nSPS) is 19.3. The molecule has 0 aliphatic carbocycles. The summed E-state index contributed by atoms with van der Waals surface area (Å²) in [4.78, 5) is 20.3. The number of piperidine rings is 1. The number of aromatic nitrogens is 1. The summed E-state index contributed by atoms with van der Waals surface area (Å²) < 4.78 is 0. The summed E-state index contributed by atoms with van der Waals surface area (Å²) >= 11 is 0. The van der Waals surface area contributed by atoms with Gasteiger partial charge in [-0.05, 0) is 31.4 Å². The highest BCUT2D eigenvalue weighted by Crippen LogP contribution is 2.19. The number of amides is 1. The largest absolute Gasteiger partial charge is 0.394 e. The second kappa shape index (κ2) is 6.02. The molecule has 5 heteroatoms. The molecule has 2 heterocycles. The van der Waals surface area contributed by atoms with E-state index in [1.54, 1.807) is 17.2 Å². The molecule has 1 aromatic heterocycles. The van der Waals surface area contributed by atoms with Crippen LogP contribution in [0.5, 0.6) is 0 Å². The van der Waals surface area contributed by atoms with Crippen LogP contribution in [0.25, 0.3) is 0 Å². The summed E-state index contributed by atoms with van der Waals surface area (Å²) in [5.41, 5.74) is 0.589. The molecule has 2 rings (SSSR count). The van der Waals surface area contributed by atoms with Crippen LogP contribution in [0.4, 0.5) is 5.82 Å². The molecule has 1 unspecified atom stereocenters. The van der Waals surface area contributed by atoms with E-state index in [4.69, 9.17) is 0 Å². The fraction of sp³-hybridized carbons (Fsp3) is 0.571. The van der Waals surface area contributed by atoms with Crippen molar-refractivity contribution in [1.82, 2.24) is 9.88 Å². The lowest BCUT2D eigenvalue weighted by Crippen LogP contribution is -2.45. The minimum atomic E-state index is -0.0465. The van der Waals surface area contributed by atoms with Gasteiger partial charge in [-0.15, -0.1) is 0 Å². The number of nitrogens with zero attached hydrogens (tertiary/aromatic N) is 3. The van der Waals surface area contributed by atoms with Crippen molar-refractivity contribution in [3.05, 3.63) is 23.9 Å². The fourth-order valence-corrected chi connectivity index (χ4v) is 2.40. The zero-order valence-electron chi connectivity index (χ0n) is 11.5. The molecule has 0 aromatic carbocycles. The third-order valence-corrected chi connectivity index (χ3v) is 3.55. The fourth-order valence-electron chi connectivity index (χ4n) is 2.40. The molecule has 0 radical (unpaired) electrons. The van der Waals surface area contributed by atoms with E-state index in [1.165, 1.54) is 0 Å². The topological polar surface area (TPSA) is 56.7 Å². The third-order valence-electron chi connectivity index (χ3n) is 3.55. The Morgan fingerprint density at radius 1 is 1.47 bits per heavy atom. The van der Waals surface area contributed by atoms with Crippen molar-refractivity contribution in [2.75, 3.05) is 32.1 Å². The molecular formula is C14H21N3O2. The zero-order chi connectivity index (χ0) is 13.8.